The van der Waals surface area contributed by atoms with Crippen LogP contribution in [-0.4, -0.2) is 5.78 Å². The van der Waals surface area contributed by atoms with Gasteiger partial charge in [0.25, 0.3) is 0 Å². The molecule has 0 N–H and O–H groups in total. The summed E-state index contributed by atoms with van der Waals surface area (Å²) in [5, 5.41) is 3.05. The zero-order valence-electron chi connectivity index (χ0n) is 11.2. The van der Waals surface area contributed by atoms with Crippen molar-refractivity contribution >= 4 is 27.5 Å². The molecule has 2 nitrogen and oxygen atoms in total. The second-order valence-corrected chi connectivity index (χ2v) is 5.04. The van der Waals surface area contributed by atoms with Crippen LogP contribution >= 0.6 is 0 Å². The Morgan fingerprint density at radius 3 is 2.48 bits per heavy atom. The minimum Gasteiger partial charge on any atom is -0.464 e. The summed E-state index contributed by atoms with van der Waals surface area (Å²) in [7, 11) is 0. The monoisotopic (exact) mass is 272 g/mol. The number of furan rings is 1. The lowest BCUT2D eigenvalue weighted by Gasteiger charge is -2.02. The number of carbonyl (C=O) groups excluding carboxylic acids is 1. The van der Waals surface area contributed by atoms with Crippen LogP contribution in [0.25, 0.3) is 21.7 Å². The average Bonchev–Trinajstić information content (AvgIpc) is 2.98. The molecule has 21 heavy (non-hydrogen) atoms. The molecular formula is C19H12O2. The molecule has 4 rings (SSSR count). The summed E-state index contributed by atoms with van der Waals surface area (Å²) in [6.45, 7) is 0. The van der Waals surface area contributed by atoms with Crippen molar-refractivity contribution in [3.05, 3.63) is 84.1 Å². The van der Waals surface area contributed by atoms with Crippen molar-refractivity contribution < 1.29 is 9.21 Å². The molecule has 0 amide bonds. The van der Waals surface area contributed by atoms with Crippen LogP contribution in [-0.2, 0) is 0 Å². The number of carbonyl (C=O) groups is 1. The Labute approximate surface area is 121 Å². The number of benzene rings is 3. The Morgan fingerprint density at radius 2 is 1.57 bits per heavy atom. The van der Waals surface area contributed by atoms with Gasteiger partial charge >= 0.3 is 0 Å². The summed E-state index contributed by atoms with van der Waals surface area (Å²) in [4.78, 5) is 12.7. The number of ketones is 1. The molecule has 1 heterocycles. The largest absolute Gasteiger partial charge is 0.464 e. The normalized spacial score (nSPS) is 11.0. The predicted molar refractivity (Wildman–Crippen MR) is 83.6 cm³/mol. The molecular weight excluding hydrogens is 260 g/mol. The zero-order valence-corrected chi connectivity index (χ0v) is 11.2. The van der Waals surface area contributed by atoms with E-state index in [9.17, 15) is 4.79 Å². The van der Waals surface area contributed by atoms with Crippen LogP contribution < -0.4 is 0 Å². The van der Waals surface area contributed by atoms with E-state index in [4.69, 9.17) is 4.42 Å². The van der Waals surface area contributed by atoms with Crippen LogP contribution in [0.2, 0.25) is 0 Å². The Kier molecular flexibility index (Phi) is 2.61. The van der Waals surface area contributed by atoms with Crippen molar-refractivity contribution in [1.82, 2.24) is 0 Å². The van der Waals surface area contributed by atoms with E-state index >= 15 is 0 Å². The highest BCUT2D eigenvalue weighted by Gasteiger charge is 2.15. The Morgan fingerprint density at radius 1 is 0.810 bits per heavy atom. The smallest absolute Gasteiger partial charge is 0.196 e. The molecule has 0 spiro atoms. The number of rotatable bonds is 2. The summed E-state index contributed by atoms with van der Waals surface area (Å²) in [6.07, 6.45) is 1.54. The van der Waals surface area contributed by atoms with Gasteiger partial charge in [-0.05, 0) is 22.9 Å². The molecule has 0 fully saturated rings. The third kappa shape index (κ3) is 1.93. The fraction of sp³-hybridized carbons (Fsp3) is 0. The first-order valence-electron chi connectivity index (χ1n) is 6.83. The highest BCUT2D eigenvalue weighted by Crippen LogP contribution is 2.24. The summed E-state index contributed by atoms with van der Waals surface area (Å²) >= 11 is 0. The van der Waals surface area contributed by atoms with Gasteiger partial charge in [0.1, 0.15) is 11.8 Å². The quantitative estimate of drug-likeness (QED) is 0.490. The first kappa shape index (κ1) is 11.9. The highest BCUT2D eigenvalue weighted by atomic mass is 16.3. The minimum absolute atomic E-state index is 0.00861. The topological polar surface area (TPSA) is 30.2 Å². The lowest BCUT2D eigenvalue weighted by Crippen LogP contribution is -1.99. The van der Waals surface area contributed by atoms with Gasteiger partial charge in [-0.3, -0.25) is 4.79 Å². The van der Waals surface area contributed by atoms with E-state index in [1.165, 1.54) is 0 Å². The summed E-state index contributed by atoms with van der Waals surface area (Å²) in [5.74, 6) is -0.00861. The molecule has 0 saturated heterocycles. The molecule has 4 aromatic rings. The van der Waals surface area contributed by atoms with E-state index in [2.05, 4.69) is 0 Å². The van der Waals surface area contributed by atoms with Crippen LogP contribution in [0.15, 0.2) is 77.4 Å². The fourth-order valence-corrected chi connectivity index (χ4v) is 2.64. The van der Waals surface area contributed by atoms with Gasteiger partial charge in [-0.1, -0.05) is 54.6 Å². The maximum atomic E-state index is 12.7. The number of fused-ring (bicyclic) bond motifs is 2. The number of hydrogen-bond acceptors (Lipinski definition) is 2. The van der Waals surface area contributed by atoms with E-state index in [1.807, 2.05) is 66.7 Å². The van der Waals surface area contributed by atoms with Gasteiger partial charge in [-0.25, -0.2) is 0 Å². The third-order valence-electron chi connectivity index (χ3n) is 3.74. The molecule has 0 aliphatic heterocycles. The molecule has 0 saturated carbocycles. The van der Waals surface area contributed by atoms with Crippen molar-refractivity contribution in [2.45, 2.75) is 0 Å². The van der Waals surface area contributed by atoms with E-state index in [0.29, 0.717) is 11.1 Å². The maximum Gasteiger partial charge on any atom is 0.196 e. The van der Waals surface area contributed by atoms with E-state index in [1.54, 1.807) is 6.26 Å². The van der Waals surface area contributed by atoms with Gasteiger partial charge in [-0.2, -0.15) is 0 Å². The first-order chi connectivity index (χ1) is 10.3. The average molecular weight is 272 g/mol. The SMILES string of the molecule is O=C(c1ccc2ccccc2c1)c1coc2ccccc12. The molecule has 0 unspecified atom stereocenters. The molecule has 100 valence electrons. The molecule has 3 aromatic carbocycles. The van der Waals surface area contributed by atoms with Crippen LogP contribution in [0.3, 0.4) is 0 Å². The number of hydrogen-bond donors (Lipinski definition) is 0. The van der Waals surface area contributed by atoms with Gasteiger partial charge in [0.15, 0.2) is 5.78 Å². The van der Waals surface area contributed by atoms with Crippen LogP contribution in [0.1, 0.15) is 15.9 Å². The van der Waals surface area contributed by atoms with E-state index < -0.39 is 0 Å². The third-order valence-corrected chi connectivity index (χ3v) is 3.74. The molecule has 0 radical (unpaired) electrons. The second kappa shape index (κ2) is 4.60. The van der Waals surface area contributed by atoms with E-state index in [0.717, 1.165) is 21.7 Å². The van der Waals surface area contributed by atoms with Gasteiger partial charge < -0.3 is 4.42 Å². The molecule has 2 heteroatoms. The molecule has 0 aliphatic carbocycles. The van der Waals surface area contributed by atoms with Gasteiger partial charge in [0.2, 0.25) is 0 Å². The van der Waals surface area contributed by atoms with Gasteiger partial charge in [0, 0.05) is 10.9 Å². The Bertz CT molecular complexity index is 963. The maximum absolute atomic E-state index is 12.7. The van der Waals surface area contributed by atoms with Gasteiger partial charge in [-0.15, -0.1) is 0 Å². The Balaban J connectivity index is 1.86. The molecule has 0 atom stereocenters. The molecule has 1 aromatic heterocycles. The lowest BCUT2D eigenvalue weighted by molar-refractivity contribution is 0.103. The fourth-order valence-electron chi connectivity index (χ4n) is 2.64. The van der Waals surface area contributed by atoms with Crippen LogP contribution in [0.5, 0.6) is 0 Å². The van der Waals surface area contributed by atoms with Crippen molar-refractivity contribution in [3.8, 4) is 0 Å². The lowest BCUT2D eigenvalue weighted by atomic mass is 10.00. The zero-order chi connectivity index (χ0) is 14.2. The molecule has 0 bridgehead atoms. The van der Waals surface area contributed by atoms with E-state index in [-0.39, 0.29) is 5.78 Å². The summed E-state index contributed by atoms with van der Waals surface area (Å²) in [6, 6.07) is 21.4. The highest BCUT2D eigenvalue weighted by molar-refractivity contribution is 6.16. The van der Waals surface area contributed by atoms with Crippen molar-refractivity contribution in [2.24, 2.45) is 0 Å². The minimum atomic E-state index is -0.00861. The van der Waals surface area contributed by atoms with Crippen molar-refractivity contribution in [2.75, 3.05) is 0 Å². The predicted octanol–water partition coefficient (Wildman–Crippen LogP) is 4.82. The number of para-hydroxylation sites is 1. The van der Waals surface area contributed by atoms with Gasteiger partial charge in [0.05, 0.1) is 5.56 Å². The van der Waals surface area contributed by atoms with Crippen molar-refractivity contribution in [1.29, 1.82) is 0 Å². The van der Waals surface area contributed by atoms with Crippen molar-refractivity contribution in [3.63, 3.8) is 0 Å². The first-order valence-corrected chi connectivity index (χ1v) is 6.83. The summed E-state index contributed by atoms with van der Waals surface area (Å²) in [5.41, 5.74) is 2.03. The standard InChI is InChI=1S/C19H12O2/c20-19(17-12-21-18-8-4-3-7-16(17)18)15-10-9-13-5-1-2-6-14(13)11-15/h1-12H. The van der Waals surface area contributed by atoms with Crippen LogP contribution in [0.4, 0.5) is 0 Å². The van der Waals surface area contributed by atoms with Crippen LogP contribution in [0, 0.1) is 0 Å². The second-order valence-electron chi connectivity index (χ2n) is 5.04. The summed E-state index contributed by atoms with van der Waals surface area (Å²) < 4.78 is 5.46. The Hall–Kier alpha value is -2.87. The molecule has 0 aliphatic rings.